The predicted octanol–water partition coefficient (Wildman–Crippen LogP) is 3.87. The van der Waals surface area contributed by atoms with E-state index >= 15 is 0 Å². The number of hydrogen-bond acceptors (Lipinski definition) is 2. The van der Waals surface area contributed by atoms with E-state index < -0.39 is 0 Å². The number of ether oxygens (including phenoxy) is 1. The molecule has 0 aliphatic carbocycles. The Balaban J connectivity index is 2.38. The third-order valence-corrected chi connectivity index (χ3v) is 2.49. The van der Waals surface area contributed by atoms with Crippen LogP contribution in [0, 0.1) is 0 Å². The van der Waals surface area contributed by atoms with Crippen molar-refractivity contribution in [2.45, 2.75) is 39.5 Å². The molecule has 2 heteroatoms. The van der Waals surface area contributed by atoms with Crippen molar-refractivity contribution in [2.75, 3.05) is 0 Å². The lowest BCUT2D eigenvalue weighted by Gasteiger charge is -2.06. The van der Waals surface area contributed by atoms with Crippen molar-refractivity contribution in [1.29, 1.82) is 0 Å². The van der Waals surface area contributed by atoms with Gasteiger partial charge in [0.1, 0.15) is 5.76 Å². The second kappa shape index (κ2) is 7.66. The van der Waals surface area contributed by atoms with E-state index in [1.807, 2.05) is 50.3 Å². The molecule has 0 N–H and O–H groups in total. The minimum atomic E-state index is -0.143. The van der Waals surface area contributed by atoms with Crippen LogP contribution in [0.3, 0.4) is 0 Å². The van der Waals surface area contributed by atoms with Gasteiger partial charge in [-0.25, -0.2) is 0 Å². The van der Waals surface area contributed by atoms with Gasteiger partial charge in [-0.3, -0.25) is 4.79 Å². The van der Waals surface area contributed by atoms with E-state index in [-0.39, 0.29) is 5.97 Å². The molecule has 1 aromatic carbocycles. The van der Waals surface area contributed by atoms with Crippen LogP contribution in [0.1, 0.15) is 38.7 Å². The molecule has 17 heavy (non-hydrogen) atoms. The third kappa shape index (κ3) is 5.34. The van der Waals surface area contributed by atoms with E-state index in [1.165, 1.54) is 5.56 Å². The lowest BCUT2D eigenvalue weighted by atomic mass is 10.1. The van der Waals surface area contributed by atoms with Crippen molar-refractivity contribution >= 4 is 5.97 Å². The van der Waals surface area contributed by atoms with Crippen molar-refractivity contribution in [1.82, 2.24) is 0 Å². The van der Waals surface area contributed by atoms with E-state index in [9.17, 15) is 4.79 Å². The number of carbonyl (C=O) groups is 1. The zero-order valence-corrected chi connectivity index (χ0v) is 10.6. The minimum Gasteiger partial charge on any atom is -0.431 e. The van der Waals surface area contributed by atoms with Crippen molar-refractivity contribution in [2.24, 2.45) is 0 Å². The maximum atomic E-state index is 11.6. The summed E-state index contributed by atoms with van der Waals surface area (Å²) in [6.07, 6.45) is 4.80. The zero-order chi connectivity index (χ0) is 12.5. The van der Waals surface area contributed by atoms with Crippen LogP contribution in [0.15, 0.2) is 42.2 Å². The van der Waals surface area contributed by atoms with Gasteiger partial charge in [0.15, 0.2) is 0 Å². The smallest absolute Gasteiger partial charge is 0.311 e. The molecule has 0 heterocycles. The summed E-state index contributed by atoms with van der Waals surface area (Å²) < 4.78 is 5.28. The molecule has 0 radical (unpaired) electrons. The van der Waals surface area contributed by atoms with Gasteiger partial charge >= 0.3 is 5.97 Å². The van der Waals surface area contributed by atoms with Crippen molar-refractivity contribution in [3.8, 4) is 0 Å². The van der Waals surface area contributed by atoms with Gasteiger partial charge in [-0.15, -0.1) is 0 Å². The molecular formula is C15H20O2. The quantitative estimate of drug-likeness (QED) is 0.550. The first kappa shape index (κ1) is 13.5. The SMILES string of the molecule is CC/C=C(\CC)OC(=O)CCc1ccccc1. The zero-order valence-electron chi connectivity index (χ0n) is 10.6. The Kier molecular flexibility index (Phi) is 6.08. The summed E-state index contributed by atoms with van der Waals surface area (Å²) >= 11 is 0. The number of benzene rings is 1. The van der Waals surface area contributed by atoms with E-state index in [0.717, 1.165) is 25.0 Å². The molecule has 0 saturated heterocycles. The fourth-order valence-corrected chi connectivity index (χ4v) is 1.57. The number of rotatable bonds is 6. The van der Waals surface area contributed by atoms with Gasteiger partial charge in [0, 0.05) is 12.8 Å². The molecule has 2 nitrogen and oxygen atoms in total. The van der Waals surface area contributed by atoms with Crippen LogP contribution in [0.4, 0.5) is 0 Å². The Morgan fingerprint density at radius 3 is 2.53 bits per heavy atom. The highest BCUT2D eigenvalue weighted by Crippen LogP contribution is 2.08. The Morgan fingerprint density at radius 1 is 1.24 bits per heavy atom. The average Bonchev–Trinajstić information content (AvgIpc) is 2.37. The molecule has 0 bridgehead atoms. The summed E-state index contributed by atoms with van der Waals surface area (Å²) in [5, 5.41) is 0. The number of esters is 1. The Bertz CT molecular complexity index is 366. The summed E-state index contributed by atoms with van der Waals surface area (Å²) in [6.45, 7) is 4.03. The molecular weight excluding hydrogens is 212 g/mol. The number of carbonyl (C=O) groups excluding carboxylic acids is 1. The van der Waals surface area contributed by atoms with E-state index in [2.05, 4.69) is 0 Å². The second-order valence-corrected chi connectivity index (χ2v) is 3.89. The Morgan fingerprint density at radius 2 is 1.94 bits per heavy atom. The molecule has 0 saturated carbocycles. The molecule has 0 amide bonds. The average molecular weight is 232 g/mol. The molecule has 0 unspecified atom stereocenters. The van der Waals surface area contributed by atoms with E-state index in [0.29, 0.717) is 6.42 Å². The third-order valence-electron chi connectivity index (χ3n) is 2.49. The summed E-state index contributed by atoms with van der Waals surface area (Å²) in [4.78, 5) is 11.6. The summed E-state index contributed by atoms with van der Waals surface area (Å²) in [6, 6.07) is 9.98. The van der Waals surface area contributed by atoms with Gasteiger partial charge in [0.05, 0.1) is 0 Å². The van der Waals surface area contributed by atoms with Crippen LogP contribution >= 0.6 is 0 Å². The molecule has 0 spiro atoms. The van der Waals surface area contributed by atoms with Gasteiger partial charge in [-0.2, -0.15) is 0 Å². The summed E-state index contributed by atoms with van der Waals surface area (Å²) in [5.74, 6) is 0.640. The fraction of sp³-hybridized carbons (Fsp3) is 0.400. The highest BCUT2D eigenvalue weighted by Gasteiger charge is 2.05. The first-order valence-corrected chi connectivity index (χ1v) is 6.19. The predicted molar refractivity (Wildman–Crippen MR) is 69.5 cm³/mol. The molecule has 0 aliphatic heterocycles. The molecule has 1 rings (SSSR count). The first-order chi connectivity index (χ1) is 8.26. The largest absolute Gasteiger partial charge is 0.431 e. The van der Waals surface area contributed by atoms with Crippen molar-refractivity contribution in [3.63, 3.8) is 0 Å². The molecule has 0 atom stereocenters. The Labute approximate surface area is 103 Å². The number of aryl methyl sites for hydroxylation is 1. The van der Waals surface area contributed by atoms with Gasteiger partial charge in [-0.05, 0) is 24.5 Å². The molecule has 92 valence electrons. The monoisotopic (exact) mass is 232 g/mol. The standard InChI is InChI=1S/C15H20O2/c1-3-8-14(4-2)17-15(16)12-11-13-9-6-5-7-10-13/h5-10H,3-4,11-12H2,1-2H3/b14-8+. The lowest BCUT2D eigenvalue weighted by molar-refractivity contribution is -0.139. The van der Waals surface area contributed by atoms with Crippen molar-refractivity contribution < 1.29 is 9.53 Å². The van der Waals surface area contributed by atoms with Gasteiger partial charge in [0.2, 0.25) is 0 Å². The molecule has 0 aliphatic rings. The van der Waals surface area contributed by atoms with Gasteiger partial charge < -0.3 is 4.74 Å². The van der Waals surface area contributed by atoms with Gasteiger partial charge in [0.25, 0.3) is 0 Å². The van der Waals surface area contributed by atoms with Crippen molar-refractivity contribution in [3.05, 3.63) is 47.7 Å². The van der Waals surface area contributed by atoms with E-state index in [4.69, 9.17) is 4.74 Å². The van der Waals surface area contributed by atoms with Crippen LogP contribution < -0.4 is 0 Å². The Hall–Kier alpha value is -1.57. The van der Waals surface area contributed by atoms with Crippen LogP contribution in [0.2, 0.25) is 0 Å². The summed E-state index contributed by atoms with van der Waals surface area (Å²) in [7, 11) is 0. The van der Waals surface area contributed by atoms with Crippen LogP contribution in [0.5, 0.6) is 0 Å². The maximum Gasteiger partial charge on any atom is 0.311 e. The molecule has 0 fully saturated rings. The van der Waals surface area contributed by atoms with Gasteiger partial charge in [-0.1, -0.05) is 44.2 Å². The second-order valence-electron chi connectivity index (χ2n) is 3.89. The fourth-order valence-electron chi connectivity index (χ4n) is 1.57. The topological polar surface area (TPSA) is 26.3 Å². The van der Waals surface area contributed by atoms with Crippen LogP contribution in [0.25, 0.3) is 0 Å². The number of hydrogen-bond donors (Lipinski definition) is 0. The normalized spacial score (nSPS) is 11.3. The van der Waals surface area contributed by atoms with Crippen LogP contribution in [-0.4, -0.2) is 5.97 Å². The number of allylic oxidation sites excluding steroid dienone is 2. The highest BCUT2D eigenvalue weighted by molar-refractivity contribution is 5.70. The molecule has 0 aromatic heterocycles. The van der Waals surface area contributed by atoms with Crippen LogP contribution in [-0.2, 0) is 16.0 Å². The maximum absolute atomic E-state index is 11.6. The molecule has 1 aromatic rings. The first-order valence-electron chi connectivity index (χ1n) is 6.19. The highest BCUT2D eigenvalue weighted by atomic mass is 16.5. The van der Waals surface area contributed by atoms with E-state index in [1.54, 1.807) is 0 Å². The minimum absolute atomic E-state index is 0.143. The summed E-state index contributed by atoms with van der Waals surface area (Å²) in [5.41, 5.74) is 1.17. The lowest BCUT2D eigenvalue weighted by Crippen LogP contribution is -2.05.